The maximum absolute atomic E-state index is 10.1. The minimum absolute atomic E-state index is 0.221. The van der Waals surface area contributed by atoms with Gasteiger partial charge in [-0.05, 0) is 38.8 Å². The van der Waals surface area contributed by atoms with Gasteiger partial charge in [-0.2, -0.15) is 0 Å². The summed E-state index contributed by atoms with van der Waals surface area (Å²) in [6, 6.07) is 0. The van der Waals surface area contributed by atoms with Crippen LogP contribution in [0.4, 0.5) is 0 Å². The Morgan fingerprint density at radius 1 is 0.429 bits per heavy atom. The first-order valence-corrected chi connectivity index (χ1v) is 11.4. The Bertz CT molecular complexity index is 308. The second-order valence-electron chi connectivity index (χ2n) is 7.52. The summed E-state index contributed by atoms with van der Waals surface area (Å²) in [6.07, 6.45) is 19.4. The van der Waals surface area contributed by atoms with Gasteiger partial charge >= 0.3 is 11.9 Å². The number of carboxylic acid groups (broad SMARTS) is 2. The zero-order valence-electron chi connectivity index (χ0n) is 18.0. The van der Waals surface area contributed by atoms with Gasteiger partial charge in [0.25, 0.3) is 0 Å². The summed E-state index contributed by atoms with van der Waals surface area (Å²) in [5, 5.41) is 16.6. The lowest BCUT2D eigenvalue weighted by Crippen LogP contribution is -1.97. The van der Waals surface area contributed by atoms with E-state index in [9.17, 15) is 9.59 Å². The minimum Gasteiger partial charge on any atom is -0.481 e. The number of carboxylic acids is 2. The van der Waals surface area contributed by atoms with Crippen LogP contribution >= 0.6 is 0 Å². The van der Waals surface area contributed by atoms with Gasteiger partial charge in [0.1, 0.15) is 0 Å². The largest absolute Gasteiger partial charge is 0.481 e. The van der Waals surface area contributed by atoms with Gasteiger partial charge in [0.05, 0.1) is 0 Å². The number of carbonyl (C=O) groups is 2. The fourth-order valence-corrected chi connectivity index (χ4v) is 2.96. The molecule has 0 aromatic carbocycles. The second kappa shape index (κ2) is 25.9. The SMILES string of the molecule is NCCCCCCCCCCCCCN.O=C(O)CCCCCCCC(=O)O. The van der Waals surface area contributed by atoms with Crippen molar-refractivity contribution in [1.29, 1.82) is 0 Å². The first kappa shape index (κ1) is 29.1. The minimum atomic E-state index is -0.759. The van der Waals surface area contributed by atoms with E-state index < -0.39 is 11.9 Å². The molecule has 168 valence electrons. The zero-order chi connectivity index (χ0) is 21.3. The van der Waals surface area contributed by atoms with Gasteiger partial charge < -0.3 is 21.7 Å². The third kappa shape index (κ3) is 32.5. The van der Waals surface area contributed by atoms with E-state index in [-0.39, 0.29) is 12.8 Å². The molecule has 0 aromatic heterocycles. The number of unbranched alkanes of at least 4 members (excludes halogenated alkanes) is 14. The monoisotopic (exact) mass is 402 g/mol. The zero-order valence-corrected chi connectivity index (χ0v) is 18.0. The molecule has 0 aliphatic rings. The molecule has 0 radical (unpaired) electrons. The molecule has 0 saturated carbocycles. The van der Waals surface area contributed by atoms with Crippen molar-refractivity contribution in [3.8, 4) is 0 Å². The molecule has 0 bridgehead atoms. The van der Waals surface area contributed by atoms with Crippen LogP contribution in [-0.2, 0) is 9.59 Å². The van der Waals surface area contributed by atoms with E-state index in [1.54, 1.807) is 0 Å². The number of rotatable bonds is 20. The highest BCUT2D eigenvalue weighted by Crippen LogP contribution is 2.10. The normalized spacial score (nSPS) is 10.4. The van der Waals surface area contributed by atoms with E-state index >= 15 is 0 Å². The van der Waals surface area contributed by atoms with Gasteiger partial charge in [-0.15, -0.1) is 0 Å². The molecule has 28 heavy (non-hydrogen) atoms. The van der Waals surface area contributed by atoms with Crippen LogP contribution < -0.4 is 11.5 Å². The summed E-state index contributed by atoms with van der Waals surface area (Å²) in [7, 11) is 0. The molecule has 0 heterocycles. The molecule has 0 aliphatic heterocycles. The van der Waals surface area contributed by atoms with E-state index in [1.165, 1.54) is 70.6 Å². The second-order valence-corrected chi connectivity index (χ2v) is 7.52. The van der Waals surface area contributed by atoms with E-state index in [1.807, 2.05) is 0 Å². The smallest absolute Gasteiger partial charge is 0.303 e. The van der Waals surface area contributed by atoms with Crippen LogP contribution in [0.25, 0.3) is 0 Å². The Balaban J connectivity index is 0. The van der Waals surface area contributed by atoms with Crippen molar-refractivity contribution in [2.75, 3.05) is 13.1 Å². The Morgan fingerprint density at radius 3 is 0.857 bits per heavy atom. The van der Waals surface area contributed by atoms with Gasteiger partial charge in [-0.25, -0.2) is 0 Å². The molecule has 0 rings (SSSR count). The highest BCUT2D eigenvalue weighted by Gasteiger charge is 1.98. The highest BCUT2D eigenvalue weighted by atomic mass is 16.4. The van der Waals surface area contributed by atoms with E-state index in [0.29, 0.717) is 12.8 Å². The Kier molecular flexibility index (Phi) is 26.8. The van der Waals surface area contributed by atoms with Crippen molar-refractivity contribution in [2.24, 2.45) is 11.5 Å². The summed E-state index contributed by atoms with van der Waals surface area (Å²) >= 11 is 0. The molecule has 0 saturated heterocycles. The first-order chi connectivity index (χ1) is 13.5. The van der Waals surface area contributed by atoms with Crippen molar-refractivity contribution >= 4 is 11.9 Å². The maximum atomic E-state index is 10.1. The molecule has 0 spiro atoms. The quantitative estimate of drug-likeness (QED) is 0.210. The van der Waals surface area contributed by atoms with Gasteiger partial charge in [-0.1, -0.05) is 77.0 Å². The number of hydrogen-bond donors (Lipinski definition) is 4. The number of hydrogen-bond acceptors (Lipinski definition) is 4. The lowest BCUT2D eigenvalue weighted by molar-refractivity contribution is -0.138. The van der Waals surface area contributed by atoms with Crippen molar-refractivity contribution in [2.45, 2.75) is 116 Å². The maximum Gasteiger partial charge on any atom is 0.303 e. The summed E-state index contributed by atoms with van der Waals surface area (Å²) in [6.45, 7) is 1.72. The molecule has 6 N–H and O–H groups in total. The summed E-state index contributed by atoms with van der Waals surface area (Å²) < 4.78 is 0. The summed E-state index contributed by atoms with van der Waals surface area (Å²) in [5.41, 5.74) is 10.9. The topological polar surface area (TPSA) is 127 Å². The van der Waals surface area contributed by atoms with Gasteiger partial charge in [0.15, 0.2) is 0 Å². The third-order valence-corrected chi connectivity index (χ3v) is 4.69. The van der Waals surface area contributed by atoms with Crippen LogP contribution in [0.3, 0.4) is 0 Å². The first-order valence-electron chi connectivity index (χ1n) is 11.4. The van der Waals surface area contributed by atoms with Crippen LogP contribution in [-0.4, -0.2) is 35.2 Å². The molecular formula is C22H46N2O4. The van der Waals surface area contributed by atoms with Gasteiger partial charge in [0, 0.05) is 12.8 Å². The Labute approximate surface area is 172 Å². The lowest BCUT2D eigenvalue weighted by Gasteiger charge is -2.01. The van der Waals surface area contributed by atoms with Crippen molar-refractivity contribution in [1.82, 2.24) is 0 Å². The molecule has 0 aliphatic carbocycles. The van der Waals surface area contributed by atoms with Crippen LogP contribution in [0.1, 0.15) is 116 Å². The van der Waals surface area contributed by atoms with Crippen molar-refractivity contribution in [3.05, 3.63) is 0 Å². The average molecular weight is 403 g/mol. The van der Waals surface area contributed by atoms with Gasteiger partial charge in [-0.3, -0.25) is 9.59 Å². The predicted octanol–water partition coefficient (Wildman–Crippen LogP) is 5.08. The molecule has 0 aromatic rings. The lowest BCUT2D eigenvalue weighted by atomic mass is 10.1. The highest BCUT2D eigenvalue weighted by molar-refractivity contribution is 5.66. The number of aliphatic carboxylic acids is 2. The summed E-state index contributed by atoms with van der Waals surface area (Å²) in [4.78, 5) is 20.2. The molecule has 0 fully saturated rings. The third-order valence-electron chi connectivity index (χ3n) is 4.69. The number of nitrogens with two attached hydrogens (primary N) is 2. The van der Waals surface area contributed by atoms with E-state index in [0.717, 1.165) is 32.4 Å². The Hall–Kier alpha value is -1.14. The molecule has 6 heteroatoms. The van der Waals surface area contributed by atoms with Crippen LogP contribution in [0.15, 0.2) is 0 Å². The fourth-order valence-electron chi connectivity index (χ4n) is 2.96. The van der Waals surface area contributed by atoms with Crippen molar-refractivity contribution < 1.29 is 19.8 Å². The van der Waals surface area contributed by atoms with Crippen LogP contribution in [0.2, 0.25) is 0 Å². The van der Waals surface area contributed by atoms with E-state index in [4.69, 9.17) is 21.7 Å². The molecular weight excluding hydrogens is 356 g/mol. The summed E-state index contributed by atoms with van der Waals surface area (Å²) in [5.74, 6) is -1.52. The fraction of sp³-hybridized carbons (Fsp3) is 0.909. The molecule has 0 amide bonds. The van der Waals surface area contributed by atoms with E-state index in [2.05, 4.69) is 0 Å². The van der Waals surface area contributed by atoms with Gasteiger partial charge in [0.2, 0.25) is 0 Å². The Morgan fingerprint density at radius 2 is 0.643 bits per heavy atom. The molecule has 0 atom stereocenters. The average Bonchev–Trinajstić information content (AvgIpc) is 2.65. The van der Waals surface area contributed by atoms with Crippen molar-refractivity contribution in [3.63, 3.8) is 0 Å². The molecule has 0 unspecified atom stereocenters. The standard InChI is InChI=1S/C13H30N2.C9H16O4/c14-12-10-8-6-4-2-1-3-5-7-9-11-13-15;10-8(11)6-4-2-1-3-5-7-9(12)13/h1-15H2;1-7H2,(H,10,11)(H,12,13). The van der Waals surface area contributed by atoms with Crippen LogP contribution in [0.5, 0.6) is 0 Å². The molecule has 6 nitrogen and oxygen atoms in total. The van der Waals surface area contributed by atoms with Crippen LogP contribution in [0, 0.1) is 0 Å². The predicted molar refractivity (Wildman–Crippen MR) is 116 cm³/mol.